The Kier molecular flexibility index (Phi) is 3.06. The summed E-state index contributed by atoms with van der Waals surface area (Å²) in [5, 5.41) is 0. The van der Waals surface area contributed by atoms with Crippen LogP contribution in [0.4, 0.5) is 0 Å². The van der Waals surface area contributed by atoms with E-state index in [0.717, 1.165) is 24.3 Å². The summed E-state index contributed by atoms with van der Waals surface area (Å²) in [7, 11) is 2.01. The quantitative estimate of drug-likeness (QED) is 0.735. The largest absolute Gasteiger partial charge is 0.492 e. The van der Waals surface area contributed by atoms with Crippen molar-refractivity contribution < 1.29 is 14.3 Å². The van der Waals surface area contributed by atoms with Gasteiger partial charge < -0.3 is 14.4 Å². The number of ether oxygens (including phenoxy) is 2. The summed E-state index contributed by atoms with van der Waals surface area (Å²) in [4.78, 5) is 14.6. The molecule has 0 bridgehead atoms. The smallest absolute Gasteiger partial charge is 0.196 e. The first-order valence-corrected chi connectivity index (χ1v) is 6.35. The van der Waals surface area contributed by atoms with Crippen LogP contribution in [0.2, 0.25) is 0 Å². The number of hydrogen-bond donors (Lipinski definition) is 0. The maximum absolute atomic E-state index is 12.5. The molecule has 1 saturated heterocycles. The van der Waals surface area contributed by atoms with Gasteiger partial charge in [0, 0.05) is 19.5 Å². The van der Waals surface area contributed by atoms with Crippen molar-refractivity contribution in [1.82, 2.24) is 4.90 Å². The Balaban J connectivity index is 1.86. The van der Waals surface area contributed by atoms with Crippen LogP contribution < -0.4 is 4.74 Å². The standard InChI is InChI=1S/C14H17NO3/c1-15-6-8-17-12(9-15)13(16)11-4-2-3-10-5-7-18-14(10)11/h2-4,12H,5-9H2,1H3. The summed E-state index contributed by atoms with van der Waals surface area (Å²) in [6, 6.07) is 5.78. The fraction of sp³-hybridized carbons (Fsp3) is 0.500. The lowest BCUT2D eigenvalue weighted by Crippen LogP contribution is -2.44. The Morgan fingerprint density at radius 3 is 3.11 bits per heavy atom. The lowest BCUT2D eigenvalue weighted by atomic mass is 10.0. The highest BCUT2D eigenvalue weighted by atomic mass is 16.5. The van der Waals surface area contributed by atoms with Crippen LogP contribution in [0.15, 0.2) is 18.2 Å². The van der Waals surface area contributed by atoms with E-state index in [-0.39, 0.29) is 11.9 Å². The van der Waals surface area contributed by atoms with Crippen LogP contribution in [-0.4, -0.2) is 50.1 Å². The zero-order valence-corrected chi connectivity index (χ0v) is 10.5. The number of likely N-dealkylation sites (N-methyl/N-ethyl adjacent to an activating group) is 1. The second kappa shape index (κ2) is 4.71. The number of carbonyl (C=O) groups is 1. The van der Waals surface area contributed by atoms with Crippen LogP contribution in [0, 0.1) is 0 Å². The zero-order chi connectivity index (χ0) is 12.5. The average Bonchev–Trinajstić information content (AvgIpc) is 2.86. The Labute approximate surface area is 106 Å². The zero-order valence-electron chi connectivity index (χ0n) is 10.5. The van der Waals surface area contributed by atoms with E-state index in [1.807, 2.05) is 25.2 Å². The van der Waals surface area contributed by atoms with Gasteiger partial charge in [-0.3, -0.25) is 4.79 Å². The second-order valence-electron chi connectivity index (χ2n) is 4.88. The average molecular weight is 247 g/mol. The number of Topliss-reactive ketones (excluding diaryl/α,β-unsaturated/α-hetero) is 1. The third-order valence-electron chi connectivity index (χ3n) is 3.54. The minimum atomic E-state index is -0.362. The molecular formula is C14H17NO3. The van der Waals surface area contributed by atoms with E-state index < -0.39 is 0 Å². The Hall–Kier alpha value is -1.39. The van der Waals surface area contributed by atoms with Crippen LogP contribution in [0.1, 0.15) is 15.9 Å². The van der Waals surface area contributed by atoms with Gasteiger partial charge in [-0.25, -0.2) is 0 Å². The van der Waals surface area contributed by atoms with Gasteiger partial charge in [0.1, 0.15) is 11.9 Å². The van der Waals surface area contributed by atoms with Crippen LogP contribution in [0.5, 0.6) is 5.75 Å². The fourth-order valence-corrected chi connectivity index (χ4v) is 2.52. The second-order valence-corrected chi connectivity index (χ2v) is 4.88. The first-order valence-electron chi connectivity index (χ1n) is 6.35. The molecule has 3 rings (SSSR count). The molecule has 1 unspecified atom stereocenters. The van der Waals surface area contributed by atoms with E-state index in [1.54, 1.807) is 0 Å². The van der Waals surface area contributed by atoms with Crippen molar-refractivity contribution in [2.24, 2.45) is 0 Å². The van der Waals surface area contributed by atoms with E-state index >= 15 is 0 Å². The molecule has 1 aromatic rings. The predicted octanol–water partition coefficient (Wildman–Crippen LogP) is 1.13. The number of rotatable bonds is 2. The summed E-state index contributed by atoms with van der Waals surface area (Å²) in [6.07, 6.45) is 0.529. The molecule has 18 heavy (non-hydrogen) atoms. The molecule has 1 fully saturated rings. The van der Waals surface area contributed by atoms with E-state index in [0.29, 0.717) is 25.3 Å². The number of fused-ring (bicyclic) bond motifs is 1. The number of nitrogens with zero attached hydrogens (tertiary/aromatic N) is 1. The molecule has 2 heterocycles. The predicted molar refractivity (Wildman–Crippen MR) is 67.2 cm³/mol. The summed E-state index contributed by atoms with van der Waals surface area (Å²) >= 11 is 0. The number of benzene rings is 1. The van der Waals surface area contributed by atoms with Crippen molar-refractivity contribution in [1.29, 1.82) is 0 Å². The molecule has 96 valence electrons. The Bertz CT molecular complexity index is 472. The molecular weight excluding hydrogens is 230 g/mol. The third kappa shape index (κ3) is 2.02. The van der Waals surface area contributed by atoms with Gasteiger partial charge in [0.05, 0.1) is 18.8 Å². The van der Waals surface area contributed by atoms with Crippen LogP contribution in [0.3, 0.4) is 0 Å². The highest BCUT2D eigenvalue weighted by Crippen LogP contribution is 2.30. The SMILES string of the molecule is CN1CCOC(C(=O)c2cccc3c2OCC3)C1. The molecule has 2 aliphatic rings. The normalized spacial score (nSPS) is 23.5. The molecule has 0 radical (unpaired) electrons. The van der Waals surface area contributed by atoms with Crippen molar-refractivity contribution in [3.05, 3.63) is 29.3 Å². The monoisotopic (exact) mass is 247 g/mol. The molecule has 0 saturated carbocycles. The molecule has 0 spiro atoms. The van der Waals surface area contributed by atoms with Gasteiger partial charge in [-0.15, -0.1) is 0 Å². The highest BCUT2D eigenvalue weighted by molar-refractivity contribution is 6.02. The topological polar surface area (TPSA) is 38.8 Å². The van der Waals surface area contributed by atoms with E-state index in [2.05, 4.69) is 4.90 Å². The van der Waals surface area contributed by atoms with Gasteiger partial charge in [0.15, 0.2) is 5.78 Å². The van der Waals surface area contributed by atoms with Gasteiger partial charge >= 0.3 is 0 Å². The third-order valence-corrected chi connectivity index (χ3v) is 3.54. The van der Waals surface area contributed by atoms with Crippen LogP contribution in [-0.2, 0) is 11.2 Å². The molecule has 0 aromatic heterocycles. The number of carbonyl (C=O) groups excluding carboxylic acids is 1. The van der Waals surface area contributed by atoms with Crippen molar-refractivity contribution in [3.8, 4) is 5.75 Å². The maximum Gasteiger partial charge on any atom is 0.196 e. The Morgan fingerprint density at radius 2 is 2.28 bits per heavy atom. The molecule has 0 amide bonds. The van der Waals surface area contributed by atoms with Crippen LogP contribution >= 0.6 is 0 Å². The fourth-order valence-electron chi connectivity index (χ4n) is 2.52. The number of ketones is 1. The van der Waals surface area contributed by atoms with Crippen molar-refractivity contribution >= 4 is 5.78 Å². The van der Waals surface area contributed by atoms with Crippen molar-refractivity contribution in [3.63, 3.8) is 0 Å². The van der Waals surface area contributed by atoms with Crippen molar-refractivity contribution in [2.45, 2.75) is 12.5 Å². The van der Waals surface area contributed by atoms with Gasteiger partial charge in [-0.1, -0.05) is 12.1 Å². The highest BCUT2D eigenvalue weighted by Gasteiger charge is 2.29. The maximum atomic E-state index is 12.5. The molecule has 2 aliphatic heterocycles. The van der Waals surface area contributed by atoms with Gasteiger partial charge in [-0.05, 0) is 18.7 Å². The van der Waals surface area contributed by atoms with Gasteiger partial charge in [-0.2, -0.15) is 0 Å². The number of morpholine rings is 1. The molecule has 0 aliphatic carbocycles. The van der Waals surface area contributed by atoms with E-state index in [4.69, 9.17) is 9.47 Å². The van der Waals surface area contributed by atoms with Gasteiger partial charge in [0.25, 0.3) is 0 Å². The van der Waals surface area contributed by atoms with Crippen LogP contribution in [0.25, 0.3) is 0 Å². The molecule has 1 aromatic carbocycles. The summed E-state index contributed by atoms with van der Waals surface area (Å²) in [5.41, 5.74) is 1.80. The summed E-state index contributed by atoms with van der Waals surface area (Å²) in [6.45, 7) is 2.82. The number of hydrogen-bond acceptors (Lipinski definition) is 4. The van der Waals surface area contributed by atoms with Gasteiger partial charge in [0.2, 0.25) is 0 Å². The first-order chi connectivity index (χ1) is 8.75. The summed E-state index contributed by atoms with van der Waals surface area (Å²) in [5.74, 6) is 0.805. The van der Waals surface area contributed by atoms with Crippen molar-refractivity contribution in [2.75, 3.05) is 33.4 Å². The molecule has 4 nitrogen and oxygen atoms in total. The lowest BCUT2D eigenvalue weighted by Gasteiger charge is -2.29. The number of para-hydroxylation sites is 1. The minimum absolute atomic E-state index is 0.0419. The summed E-state index contributed by atoms with van der Waals surface area (Å²) < 4.78 is 11.2. The molecule has 0 N–H and O–H groups in total. The first kappa shape index (κ1) is 11.7. The Morgan fingerprint density at radius 1 is 1.39 bits per heavy atom. The van der Waals surface area contributed by atoms with E-state index in [9.17, 15) is 4.79 Å². The molecule has 1 atom stereocenters. The van der Waals surface area contributed by atoms with E-state index in [1.165, 1.54) is 0 Å². The molecule has 4 heteroatoms. The minimum Gasteiger partial charge on any atom is -0.492 e. The lowest BCUT2D eigenvalue weighted by molar-refractivity contribution is -0.00875.